The van der Waals surface area contributed by atoms with Gasteiger partial charge in [-0.25, -0.2) is 0 Å². The first-order valence-electron chi connectivity index (χ1n) is 5.27. The van der Waals surface area contributed by atoms with Crippen molar-refractivity contribution in [1.82, 2.24) is 0 Å². The van der Waals surface area contributed by atoms with E-state index in [0.717, 1.165) is 26.7 Å². The van der Waals surface area contributed by atoms with Gasteiger partial charge >= 0.3 is 0 Å². The Kier molecular flexibility index (Phi) is 11.7. The van der Waals surface area contributed by atoms with Crippen LogP contribution in [0.2, 0.25) is 0 Å². The van der Waals surface area contributed by atoms with Crippen molar-refractivity contribution in [3.63, 3.8) is 0 Å². The molecule has 1 fully saturated rings. The molecule has 1 atom stereocenters. The van der Waals surface area contributed by atoms with Crippen molar-refractivity contribution in [1.29, 1.82) is 0 Å². The van der Waals surface area contributed by atoms with E-state index < -0.39 is 0 Å². The molecule has 1 aliphatic rings. The first-order chi connectivity index (χ1) is 7.43. The Balaban J connectivity index is 0.000000921. The zero-order valence-electron chi connectivity index (χ0n) is 9.61. The summed E-state index contributed by atoms with van der Waals surface area (Å²) in [6.07, 6.45) is 1.04. The lowest BCUT2D eigenvalue weighted by molar-refractivity contribution is -0.219. The molecule has 0 saturated carbocycles. The molecule has 1 N–H and O–H groups in total. The van der Waals surface area contributed by atoms with E-state index in [1.54, 1.807) is 0 Å². The first-order valence-corrected chi connectivity index (χ1v) is 5.27. The van der Waals surface area contributed by atoms with Crippen molar-refractivity contribution in [3.8, 4) is 0 Å². The molecule has 5 heteroatoms. The third-order valence-electron chi connectivity index (χ3n) is 1.76. The van der Waals surface area contributed by atoms with Gasteiger partial charge in [0.05, 0.1) is 33.0 Å². The van der Waals surface area contributed by atoms with E-state index in [4.69, 9.17) is 24.1 Å². The number of hydrogen-bond acceptors (Lipinski definition) is 5. The number of hydrogen-bond donors (Lipinski definition) is 1. The fourth-order valence-electron chi connectivity index (χ4n) is 0.948. The Morgan fingerprint density at radius 1 is 1.13 bits per heavy atom. The van der Waals surface area contributed by atoms with Crippen molar-refractivity contribution in [2.75, 3.05) is 46.8 Å². The lowest BCUT2D eigenvalue weighted by Crippen LogP contribution is -2.30. The van der Waals surface area contributed by atoms with Gasteiger partial charge in [0, 0.05) is 20.1 Å². The SMILES string of the molecule is CCOCCOCCOC1CCO1.CO. The predicted octanol–water partition coefficient (Wildman–Crippen LogP) is 0.411. The topological polar surface area (TPSA) is 57.2 Å². The second-order valence-corrected chi connectivity index (χ2v) is 2.77. The van der Waals surface area contributed by atoms with Crippen molar-refractivity contribution in [3.05, 3.63) is 0 Å². The molecule has 1 unspecified atom stereocenters. The van der Waals surface area contributed by atoms with E-state index in [1.165, 1.54) is 0 Å². The summed E-state index contributed by atoms with van der Waals surface area (Å²) in [7, 11) is 1.00. The highest BCUT2D eigenvalue weighted by molar-refractivity contribution is 4.54. The molecule has 0 aliphatic carbocycles. The lowest BCUT2D eigenvalue weighted by atomic mass is 10.3. The Morgan fingerprint density at radius 3 is 2.27 bits per heavy atom. The lowest BCUT2D eigenvalue weighted by Gasteiger charge is -2.26. The minimum absolute atomic E-state index is 0.0236. The third kappa shape index (κ3) is 8.77. The predicted molar refractivity (Wildman–Crippen MR) is 55.8 cm³/mol. The average Bonchev–Trinajstić information content (AvgIpc) is 2.22. The van der Waals surface area contributed by atoms with Crippen LogP contribution < -0.4 is 0 Å². The molecule has 1 aliphatic heterocycles. The fraction of sp³-hybridized carbons (Fsp3) is 1.00. The molecule has 0 radical (unpaired) electrons. The van der Waals surface area contributed by atoms with Gasteiger partial charge < -0.3 is 24.1 Å². The second-order valence-electron chi connectivity index (χ2n) is 2.77. The molecule has 1 saturated heterocycles. The highest BCUT2D eigenvalue weighted by atomic mass is 16.7. The monoisotopic (exact) mass is 222 g/mol. The average molecular weight is 222 g/mol. The Morgan fingerprint density at radius 2 is 1.73 bits per heavy atom. The number of aliphatic hydroxyl groups excluding tert-OH is 1. The van der Waals surface area contributed by atoms with Gasteiger partial charge in [-0.1, -0.05) is 0 Å². The van der Waals surface area contributed by atoms with Crippen LogP contribution in [0.3, 0.4) is 0 Å². The Bertz CT molecular complexity index is 116. The fourth-order valence-corrected chi connectivity index (χ4v) is 0.948. The molecule has 0 amide bonds. The highest BCUT2D eigenvalue weighted by Crippen LogP contribution is 2.11. The molecule has 0 aromatic heterocycles. The van der Waals surface area contributed by atoms with E-state index >= 15 is 0 Å². The van der Waals surface area contributed by atoms with Crippen LogP contribution in [-0.2, 0) is 18.9 Å². The van der Waals surface area contributed by atoms with Gasteiger partial charge in [-0.3, -0.25) is 0 Å². The minimum Gasteiger partial charge on any atom is -0.400 e. The molecule has 15 heavy (non-hydrogen) atoms. The first kappa shape index (κ1) is 14.8. The van der Waals surface area contributed by atoms with Crippen LogP contribution in [0.1, 0.15) is 13.3 Å². The summed E-state index contributed by atoms with van der Waals surface area (Å²) in [5.74, 6) is 0. The van der Waals surface area contributed by atoms with E-state index in [-0.39, 0.29) is 6.29 Å². The van der Waals surface area contributed by atoms with Gasteiger partial charge in [0.25, 0.3) is 0 Å². The molecular formula is C10H22O5. The molecule has 1 rings (SSSR count). The van der Waals surface area contributed by atoms with Crippen LogP contribution in [0.4, 0.5) is 0 Å². The normalized spacial score (nSPS) is 19.0. The zero-order chi connectivity index (χ0) is 11.4. The van der Waals surface area contributed by atoms with E-state index in [0.29, 0.717) is 26.4 Å². The summed E-state index contributed by atoms with van der Waals surface area (Å²) >= 11 is 0. The maximum Gasteiger partial charge on any atom is 0.159 e. The van der Waals surface area contributed by atoms with Gasteiger partial charge in [0.2, 0.25) is 0 Å². The van der Waals surface area contributed by atoms with Gasteiger partial charge in [0.1, 0.15) is 0 Å². The molecule has 1 heterocycles. The molecule has 0 bridgehead atoms. The van der Waals surface area contributed by atoms with Gasteiger partial charge in [-0.2, -0.15) is 0 Å². The summed E-state index contributed by atoms with van der Waals surface area (Å²) in [6, 6.07) is 0. The summed E-state index contributed by atoms with van der Waals surface area (Å²) in [6.45, 7) is 6.07. The molecule has 92 valence electrons. The second kappa shape index (κ2) is 11.9. The van der Waals surface area contributed by atoms with Gasteiger partial charge in [0.15, 0.2) is 6.29 Å². The largest absolute Gasteiger partial charge is 0.400 e. The highest BCUT2D eigenvalue weighted by Gasteiger charge is 2.17. The van der Waals surface area contributed by atoms with Crippen LogP contribution in [0, 0.1) is 0 Å². The van der Waals surface area contributed by atoms with Crippen LogP contribution >= 0.6 is 0 Å². The quantitative estimate of drug-likeness (QED) is 0.603. The number of aliphatic hydroxyl groups is 1. The van der Waals surface area contributed by atoms with E-state index in [1.807, 2.05) is 6.92 Å². The number of rotatable bonds is 8. The van der Waals surface area contributed by atoms with Crippen LogP contribution in [-0.4, -0.2) is 58.1 Å². The van der Waals surface area contributed by atoms with Gasteiger partial charge in [-0.05, 0) is 6.92 Å². The third-order valence-corrected chi connectivity index (χ3v) is 1.76. The zero-order valence-corrected chi connectivity index (χ0v) is 9.61. The number of ether oxygens (including phenoxy) is 4. The standard InChI is InChI=1S/C9H18O4.CH4O/c1-2-10-5-6-11-7-8-13-9-3-4-12-9;1-2/h9H,2-8H2,1H3;2H,1H3. The maximum atomic E-state index is 7.00. The van der Waals surface area contributed by atoms with Crippen molar-refractivity contribution >= 4 is 0 Å². The van der Waals surface area contributed by atoms with Gasteiger partial charge in [-0.15, -0.1) is 0 Å². The molecule has 0 aromatic carbocycles. The summed E-state index contributed by atoms with van der Waals surface area (Å²) < 4.78 is 20.7. The summed E-state index contributed by atoms with van der Waals surface area (Å²) in [4.78, 5) is 0. The van der Waals surface area contributed by atoms with Crippen LogP contribution in [0.15, 0.2) is 0 Å². The summed E-state index contributed by atoms with van der Waals surface area (Å²) in [5, 5.41) is 7.00. The molecular weight excluding hydrogens is 200 g/mol. The van der Waals surface area contributed by atoms with E-state index in [9.17, 15) is 0 Å². The smallest absolute Gasteiger partial charge is 0.159 e. The van der Waals surface area contributed by atoms with Crippen LogP contribution in [0.5, 0.6) is 0 Å². The van der Waals surface area contributed by atoms with Crippen LogP contribution in [0.25, 0.3) is 0 Å². The van der Waals surface area contributed by atoms with Crippen molar-refractivity contribution in [2.45, 2.75) is 19.6 Å². The molecule has 0 spiro atoms. The summed E-state index contributed by atoms with van der Waals surface area (Å²) in [5.41, 5.74) is 0. The Labute approximate surface area is 91.3 Å². The minimum atomic E-state index is 0.0236. The van der Waals surface area contributed by atoms with Crippen molar-refractivity contribution < 1.29 is 24.1 Å². The maximum absolute atomic E-state index is 7.00. The Hall–Kier alpha value is -0.200. The van der Waals surface area contributed by atoms with E-state index in [2.05, 4.69) is 0 Å². The molecule has 0 aromatic rings. The van der Waals surface area contributed by atoms with Crippen molar-refractivity contribution in [2.24, 2.45) is 0 Å². The molecule has 5 nitrogen and oxygen atoms in total.